The predicted octanol–water partition coefficient (Wildman–Crippen LogP) is -2.93. The van der Waals surface area contributed by atoms with Gasteiger partial charge in [0, 0.05) is 5.41 Å². The average molecular weight is 450 g/mol. The summed E-state index contributed by atoms with van der Waals surface area (Å²) in [7, 11) is -8.64. The van der Waals surface area contributed by atoms with Crippen LogP contribution >= 0.6 is 0 Å². The molecule has 6 nitrogen and oxygen atoms in total. The molecule has 0 saturated carbocycles. The molecule has 0 aliphatic heterocycles. The second kappa shape index (κ2) is 12.4. The van der Waals surface area contributed by atoms with Crippen LogP contribution in [0.25, 0.3) is 12.2 Å². The molecule has 2 aromatic rings. The topological polar surface area (TPSA) is 114 Å². The molecule has 0 N–H and O–H groups in total. The van der Waals surface area contributed by atoms with Crippen molar-refractivity contribution in [2.24, 2.45) is 0 Å². The first-order valence-electron chi connectivity index (χ1n) is 7.67. The Morgan fingerprint density at radius 2 is 1.38 bits per heavy atom. The van der Waals surface area contributed by atoms with Crippen molar-refractivity contribution in [3.05, 3.63) is 94.9 Å². The Balaban J connectivity index is 0.000000518. The van der Waals surface area contributed by atoms with Crippen LogP contribution in [-0.2, 0) is 20.2 Å². The van der Waals surface area contributed by atoms with E-state index >= 15 is 0 Å². The molecule has 0 heterocycles. The molecule has 0 bridgehead atoms. The molecule has 0 radical (unpaired) electrons. The van der Waals surface area contributed by atoms with E-state index < -0.39 is 25.5 Å². The van der Waals surface area contributed by atoms with Crippen LogP contribution in [0.1, 0.15) is 21.9 Å². The van der Waals surface area contributed by atoms with Crippen molar-refractivity contribution in [1.82, 2.24) is 0 Å². The van der Waals surface area contributed by atoms with E-state index in [1.54, 1.807) is 60.7 Å². The van der Waals surface area contributed by atoms with E-state index in [2.05, 4.69) is 6.58 Å². The average Bonchev–Trinajstić information content (AvgIpc) is 2.59. The second-order valence-corrected chi connectivity index (χ2v) is 8.33. The third-order valence-corrected chi connectivity index (χ3v) is 5.21. The van der Waals surface area contributed by atoms with Crippen molar-refractivity contribution in [3.63, 3.8) is 0 Å². The van der Waals surface area contributed by atoms with Gasteiger partial charge in [-0.15, -0.1) is 0 Å². The zero-order valence-electron chi connectivity index (χ0n) is 16.1. The van der Waals surface area contributed by atoms with Gasteiger partial charge in [-0.1, -0.05) is 73.3 Å². The van der Waals surface area contributed by atoms with Gasteiger partial charge in [-0.3, -0.25) is 0 Å². The van der Waals surface area contributed by atoms with Crippen molar-refractivity contribution < 1.29 is 85.1 Å². The Morgan fingerprint density at radius 3 is 1.93 bits per heavy atom. The first kappa shape index (κ1) is 28.5. The van der Waals surface area contributed by atoms with Gasteiger partial charge in [0.15, 0.2) is 0 Å². The number of fused-ring (bicyclic) bond motifs is 1. The van der Waals surface area contributed by atoms with Gasteiger partial charge < -0.3 is 9.11 Å². The summed E-state index contributed by atoms with van der Waals surface area (Å²) in [6, 6.07) is 15.7. The van der Waals surface area contributed by atoms with Gasteiger partial charge >= 0.3 is 59.1 Å². The third-order valence-electron chi connectivity index (χ3n) is 3.61. The smallest absolute Gasteiger partial charge is 0.747 e. The van der Waals surface area contributed by atoms with Crippen LogP contribution in [0.3, 0.4) is 0 Å². The monoisotopic (exact) mass is 450 g/mol. The van der Waals surface area contributed by atoms with Gasteiger partial charge in [-0.25, -0.2) is 16.8 Å². The van der Waals surface area contributed by atoms with Crippen molar-refractivity contribution in [3.8, 4) is 0 Å². The third kappa shape index (κ3) is 9.44. The van der Waals surface area contributed by atoms with Crippen molar-refractivity contribution in [2.45, 2.75) is 5.25 Å². The molecule has 1 unspecified atom stereocenters. The van der Waals surface area contributed by atoms with Gasteiger partial charge in [0.25, 0.3) is 0 Å². The molecular weight excluding hydrogens is 434 g/mol. The van der Waals surface area contributed by atoms with Gasteiger partial charge in [-0.05, 0) is 28.3 Å². The maximum Gasteiger partial charge on any atom is 1.00 e. The fraction of sp³-hybridized carbons (Fsp3) is 0.0526. The minimum atomic E-state index is -4.39. The van der Waals surface area contributed by atoms with Crippen molar-refractivity contribution in [2.75, 3.05) is 0 Å². The SMILES string of the molecule is C=C1C=Cc2ccccc2C1S(=O)(=O)[O-].O=S(=O)([O-])C=Cc1ccccc1.[Na+].[Na+]. The summed E-state index contributed by atoms with van der Waals surface area (Å²) >= 11 is 0. The molecule has 3 rings (SSSR count). The number of rotatable bonds is 3. The number of hydrogen-bond donors (Lipinski definition) is 0. The molecule has 1 atom stereocenters. The fourth-order valence-corrected chi connectivity index (χ4v) is 3.75. The van der Waals surface area contributed by atoms with Crippen LogP contribution in [-0.4, -0.2) is 25.9 Å². The Morgan fingerprint density at radius 1 is 0.828 bits per heavy atom. The molecular formula is C19H16Na2O6S2. The van der Waals surface area contributed by atoms with Crippen LogP contribution in [0.4, 0.5) is 0 Å². The Hall–Kier alpha value is -0.520. The molecule has 0 amide bonds. The predicted molar refractivity (Wildman–Crippen MR) is 102 cm³/mol. The summed E-state index contributed by atoms with van der Waals surface area (Å²) in [4.78, 5) is 0. The molecule has 10 heteroatoms. The maximum atomic E-state index is 11.1. The minimum Gasteiger partial charge on any atom is -0.747 e. The summed E-state index contributed by atoms with van der Waals surface area (Å²) in [5.74, 6) is 0. The molecule has 142 valence electrons. The van der Waals surface area contributed by atoms with E-state index in [-0.39, 0.29) is 59.1 Å². The first-order chi connectivity index (χ1) is 12.6. The van der Waals surface area contributed by atoms with Crippen LogP contribution in [0.15, 0.2) is 78.2 Å². The van der Waals surface area contributed by atoms with Crippen LogP contribution in [0.2, 0.25) is 0 Å². The van der Waals surface area contributed by atoms with Crippen molar-refractivity contribution in [1.29, 1.82) is 0 Å². The van der Waals surface area contributed by atoms with Gasteiger partial charge in [-0.2, -0.15) is 0 Å². The number of benzene rings is 2. The summed E-state index contributed by atoms with van der Waals surface area (Å²) in [6.07, 6.45) is 4.60. The van der Waals surface area contributed by atoms with E-state index in [9.17, 15) is 25.9 Å². The Kier molecular flexibility index (Phi) is 12.1. The summed E-state index contributed by atoms with van der Waals surface area (Å²) in [5.41, 5.74) is 2.29. The molecule has 29 heavy (non-hydrogen) atoms. The minimum absolute atomic E-state index is 0. The summed E-state index contributed by atoms with van der Waals surface area (Å²) in [6.45, 7) is 3.59. The van der Waals surface area contributed by atoms with Gasteiger partial charge in [0.05, 0.1) is 5.25 Å². The van der Waals surface area contributed by atoms with E-state index in [1.807, 2.05) is 6.07 Å². The number of allylic oxidation sites excluding steroid dienone is 1. The van der Waals surface area contributed by atoms with Crippen LogP contribution < -0.4 is 59.1 Å². The second-order valence-electron chi connectivity index (χ2n) is 5.62. The fourth-order valence-electron chi connectivity index (χ4n) is 2.45. The Bertz CT molecular complexity index is 1090. The molecule has 2 aromatic carbocycles. The van der Waals surface area contributed by atoms with Crippen LogP contribution in [0.5, 0.6) is 0 Å². The van der Waals surface area contributed by atoms with E-state index in [4.69, 9.17) is 0 Å². The molecule has 1 aliphatic carbocycles. The van der Waals surface area contributed by atoms with Crippen LogP contribution in [0, 0.1) is 0 Å². The summed E-state index contributed by atoms with van der Waals surface area (Å²) in [5, 5.41) is -0.499. The zero-order valence-corrected chi connectivity index (χ0v) is 21.7. The maximum absolute atomic E-state index is 11.1. The first-order valence-corrected chi connectivity index (χ1v) is 10.6. The molecule has 1 aliphatic rings. The van der Waals surface area contributed by atoms with E-state index in [1.165, 1.54) is 6.08 Å². The molecule has 0 aromatic heterocycles. The summed E-state index contributed by atoms with van der Waals surface area (Å²) < 4.78 is 63.8. The standard InChI is InChI=1S/C11H10O3S.C8H8O3S.2Na/c1-8-6-7-9-4-2-3-5-10(9)11(8)15(12,13)14;9-12(10,11)7-6-8-4-2-1-3-5-8;;/h2-7,11H,1H2,(H,12,13,14);1-7H,(H,9,10,11);;/q;;2*+1/p-2. The van der Waals surface area contributed by atoms with E-state index in [0.717, 1.165) is 5.56 Å². The quantitative estimate of drug-likeness (QED) is 0.365. The largest absolute Gasteiger partial charge is 1.00 e. The van der Waals surface area contributed by atoms with Gasteiger partial charge in [0.2, 0.25) is 0 Å². The molecule has 0 spiro atoms. The molecule has 0 fully saturated rings. The normalized spacial score (nSPS) is 15.4. The van der Waals surface area contributed by atoms with E-state index in [0.29, 0.717) is 22.1 Å². The number of hydrogen-bond acceptors (Lipinski definition) is 6. The molecule has 0 saturated heterocycles. The van der Waals surface area contributed by atoms with Gasteiger partial charge in [0.1, 0.15) is 20.2 Å². The van der Waals surface area contributed by atoms with Crippen molar-refractivity contribution >= 4 is 32.4 Å². The zero-order chi connectivity index (χ0) is 20.1. The Labute approximate surface area is 215 Å².